The highest BCUT2D eigenvalue weighted by Crippen LogP contribution is 2.27. The third-order valence-corrected chi connectivity index (χ3v) is 2.93. The highest BCUT2D eigenvalue weighted by molar-refractivity contribution is 6.15. The van der Waals surface area contributed by atoms with Crippen molar-refractivity contribution in [2.45, 2.75) is 19.6 Å². The molecule has 10 heteroatoms. The number of rotatable bonds is 4. The fourth-order valence-corrected chi connectivity index (χ4v) is 1.87. The van der Waals surface area contributed by atoms with E-state index in [1.54, 1.807) is 0 Å². The zero-order chi connectivity index (χ0) is 18.1. The molecule has 1 aliphatic heterocycles. The average molecular weight is 336 g/mol. The molecular weight excluding hydrogens is 324 g/mol. The predicted octanol–water partition coefficient (Wildman–Crippen LogP) is 1.42. The number of aromatic carboxylic acids is 1. The number of esters is 2. The zero-order valence-corrected chi connectivity index (χ0v) is 12.6. The summed E-state index contributed by atoms with van der Waals surface area (Å²) in [5.74, 6) is -4.63. The first kappa shape index (κ1) is 16.9. The van der Waals surface area contributed by atoms with Crippen LogP contribution in [-0.4, -0.2) is 33.7 Å². The van der Waals surface area contributed by atoms with E-state index in [0.29, 0.717) is 0 Å². The molecule has 0 radical (unpaired) electrons. The van der Waals surface area contributed by atoms with Crippen LogP contribution in [-0.2, 0) is 19.1 Å². The highest BCUT2D eigenvalue weighted by Gasteiger charge is 2.39. The van der Waals surface area contributed by atoms with Crippen LogP contribution in [0.25, 0.3) is 0 Å². The lowest BCUT2D eigenvalue weighted by Gasteiger charge is -2.29. The molecule has 1 heterocycles. The molecular formula is C14H12N2O8. The van der Waals surface area contributed by atoms with Gasteiger partial charge in [0.25, 0.3) is 11.5 Å². The van der Waals surface area contributed by atoms with Crippen molar-refractivity contribution in [3.05, 3.63) is 45.6 Å². The van der Waals surface area contributed by atoms with Crippen LogP contribution in [0.4, 0.5) is 11.4 Å². The van der Waals surface area contributed by atoms with Gasteiger partial charge in [0.05, 0.1) is 10.5 Å². The van der Waals surface area contributed by atoms with Crippen LogP contribution in [0.15, 0.2) is 30.0 Å². The monoisotopic (exact) mass is 336 g/mol. The number of carboxylic acid groups (broad SMARTS) is 1. The Morgan fingerprint density at radius 3 is 2.38 bits per heavy atom. The van der Waals surface area contributed by atoms with Gasteiger partial charge in [0.2, 0.25) is 0 Å². The molecule has 2 N–H and O–H groups in total. The van der Waals surface area contributed by atoms with E-state index in [4.69, 9.17) is 14.6 Å². The van der Waals surface area contributed by atoms with Crippen molar-refractivity contribution < 1.29 is 33.9 Å². The molecule has 1 aromatic carbocycles. The number of nitro benzene ring substituents is 1. The van der Waals surface area contributed by atoms with Gasteiger partial charge in [-0.3, -0.25) is 10.1 Å². The van der Waals surface area contributed by atoms with Crippen LogP contribution >= 0.6 is 0 Å². The Morgan fingerprint density at radius 2 is 1.88 bits per heavy atom. The molecule has 10 nitrogen and oxygen atoms in total. The zero-order valence-electron chi connectivity index (χ0n) is 12.6. The van der Waals surface area contributed by atoms with Gasteiger partial charge in [-0.05, 0) is 12.1 Å². The maximum absolute atomic E-state index is 11.8. The summed E-state index contributed by atoms with van der Waals surface area (Å²) in [5, 5.41) is 22.3. The first-order valence-corrected chi connectivity index (χ1v) is 6.56. The van der Waals surface area contributed by atoms with E-state index in [2.05, 4.69) is 5.32 Å². The minimum absolute atomic E-state index is 0.108. The average Bonchev–Trinajstić information content (AvgIpc) is 2.44. The van der Waals surface area contributed by atoms with E-state index in [1.807, 2.05) is 0 Å². The van der Waals surface area contributed by atoms with Crippen LogP contribution in [0, 0.1) is 10.1 Å². The molecule has 1 saturated heterocycles. The summed E-state index contributed by atoms with van der Waals surface area (Å²) in [6.45, 7) is 2.75. The highest BCUT2D eigenvalue weighted by atomic mass is 16.7. The quantitative estimate of drug-likeness (QED) is 0.274. The normalized spacial score (nSPS) is 16.0. The van der Waals surface area contributed by atoms with Crippen molar-refractivity contribution in [3.63, 3.8) is 0 Å². The van der Waals surface area contributed by atoms with Crippen LogP contribution in [0.1, 0.15) is 24.2 Å². The fraction of sp³-hybridized carbons (Fsp3) is 0.214. The minimum Gasteiger partial charge on any atom is -0.478 e. The number of hydrogen-bond donors (Lipinski definition) is 2. The van der Waals surface area contributed by atoms with Crippen LogP contribution in [0.3, 0.4) is 0 Å². The van der Waals surface area contributed by atoms with Crippen LogP contribution in [0.2, 0.25) is 0 Å². The largest absolute Gasteiger partial charge is 0.478 e. The molecule has 0 bridgehead atoms. The van der Waals surface area contributed by atoms with Crippen molar-refractivity contribution in [1.29, 1.82) is 0 Å². The lowest BCUT2D eigenvalue weighted by Crippen LogP contribution is -2.42. The van der Waals surface area contributed by atoms with Crippen molar-refractivity contribution in [1.82, 2.24) is 0 Å². The number of ether oxygens (including phenoxy) is 2. The Balaban J connectivity index is 2.31. The van der Waals surface area contributed by atoms with Gasteiger partial charge < -0.3 is 19.9 Å². The van der Waals surface area contributed by atoms with E-state index >= 15 is 0 Å². The molecule has 0 unspecified atom stereocenters. The maximum Gasteiger partial charge on any atom is 0.350 e. The summed E-state index contributed by atoms with van der Waals surface area (Å²) in [5.41, 5.74) is -1.41. The van der Waals surface area contributed by atoms with E-state index in [0.717, 1.165) is 24.4 Å². The summed E-state index contributed by atoms with van der Waals surface area (Å²) >= 11 is 0. The van der Waals surface area contributed by atoms with Gasteiger partial charge in [-0.2, -0.15) is 0 Å². The molecule has 1 aliphatic rings. The number of cyclic esters (lactones) is 2. The third kappa shape index (κ3) is 3.48. The van der Waals surface area contributed by atoms with Gasteiger partial charge in [-0.25, -0.2) is 14.4 Å². The number of carboxylic acids is 1. The minimum atomic E-state index is -1.40. The van der Waals surface area contributed by atoms with Gasteiger partial charge in [-0.15, -0.1) is 0 Å². The van der Waals surface area contributed by atoms with Crippen molar-refractivity contribution >= 4 is 29.3 Å². The van der Waals surface area contributed by atoms with Crippen LogP contribution < -0.4 is 5.32 Å². The maximum atomic E-state index is 11.8. The molecule has 0 saturated carbocycles. The van der Waals surface area contributed by atoms with Crippen molar-refractivity contribution in [2.75, 3.05) is 5.32 Å². The molecule has 0 aliphatic carbocycles. The Morgan fingerprint density at radius 1 is 1.29 bits per heavy atom. The number of nitrogens with zero attached hydrogens (tertiary/aromatic N) is 1. The molecule has 0 aromatic heterocycles. The van der Waals surface area contributed by atoms with Crippen molar-refractivity contribution in [2.24, 2.45) is 0 Å². The van der Waals surface area contributed by atoms with Gasteiger partial charge in [0.1, 0.15) is 5.69 Å². The number of carbonyl (C=O) groups is 3. The molecule has 0 atom stereocenters. The van der Waals surface area contributed by atoms with Crippen molar-refractivity contribution in [3.8, 4) is 0 Å². The smallest absolute Gasteiger partial charge is 0.350 e. The third-order valence-electron chi connectivity index (χ3n) is 2.93. The Labute approximate surface area is 134 Å². The first-order chi connectivity index (χ1) is 11.1. The standard InChI is InChI=1S/C14H12N2O8/c1-14(2)23-12(19)8(13(20)24-14)6-15-9-4-3-7(11(17)18)5-10(9)16(21)22/h3-6,15H,1-2H3,(H,17,18). The second kappa shape index (κ2) is 5.99. The lowest BCUT2D eigenvalue weighted by atomic mass is 10.1. The summed E-state index contributed by atoms with van der Waals surface area (Å²) in [4.78, 5) is 44.6. The van der Waals surface area contributed by atoms with Gasteiger partial charge in [0.15, 0.2) is 5.57 Å². The lowest BCUT2D eigenvalue weighted by molar-refractivity contribution is -0.384. The second-order valence-corrected chi connectivity index (χ2v) is 5.18. The van der Waals surface area contributed by atoms with E-state index < -0.39 is 39.9 Å². The number of hydrogen-bond acceptors (Lipinski definition) is 8. The summed E-state index contributed by atoms with van der Waals surface area (Å²) in [6.07, 6.45) is 0.905. The van der Waals surface area contributed by atoms with Gasteiger partial charge in [-0.1, -0.05) is 0 Å². The number of benzene rings is 1. The summed E-state index contributed by atoms with van der Waals surface area (Å²) in [6, 6.07) is 3.13. The van der Waals surface area contributed by atoms with E-state index in [-0.39, 0.29) is 11.3 Å². The van der Waals surface area contributed by atoms with Crippen LogP contribution in [0.5, 0.6) is 0 Å². The SMILES string of the molecule is CC1(C)OC(=O)C(=CNc2ccc(C(=O)O)cc2[N+](=O)[O-])C(=O)O1. The summed E-state index contributed by atoms with van der Waals surface area (Å²) in [7, 11) is 0. The van der Waals surface area contributed by atoms with E-state index in [1.165, 1.54) is 13.8 Å². The number of nitro groups is 1. The predicted molar refractivity (Wildman–Crippen MR) is 78.0 cm³/mol. The van der Waals surface area contributed by atoms with Gasteiger partial charge in [0, 0.05) is 26.1 Å². The Bertz CT molecular complexity index is 759. The van der Waals surface area contributed by atoms with E-state index in [9.17, 15) is 24.5 Å². The number of carbonyl (C=O) groups excluding carboxylic acids is 2. The molecule has 2 rings (SSSR count). The molecule has 1 aromatic rings. The fourth-order valence-electron chi connectivity index (χ4n) is 1.87. The topological polar surface area (TPSA) is 145 Å². The molecule has 24 heavy (non-hydrogen) atoms. The molecule has 126 valence electrons. The second-order valence-electron chi connectivity index (χ2n) is 5.18. The van der Waals surface area contributed by atoms with Gasteiger partial charge >= 0.3 is 17.9 Å². The first-order valence-electron chi connectivity index (χ1n) is 6.56. The molecule has 1 fully saturated rings. The summed E-state index contributed by atoms with van der Waals surface area (Å²) < 4.78 is 9.74. The Hall–Kier alpha value is -3.43. The molecule has 0 amide bonds. The Kier molecular flexibility index (Phi) is 4.22. The number of anilines is 1. The number of nitrogens with one attached hydrogen (secondary N) is 1. The molecule has 0 spiro atoms.